The maximum Gasteiger partial charge on any atom is 0.410 e. The van der Waals surface area contributed by atoms with Crippen molar-refractivity contribution in [1.29, 1.82) is 0 Å². The number of amides is 1. The number of hydrogen-bond donors (Lipinski definition) is 1. The maximum absolute atomic E-state index is 12.7. The molecule has 29 heavy (non-hydrogen) atoms. The smallest absolute Gasteiger partial charge is 0.410 e. The molecule has 1 amide bonds. The Hall–Kier alpha value is -1.31. The summed E-state index contributed by atoms with van der Waals surface area (Å²) in [6.45, 7) is 11.8. The summed E-state index contributed by atoms with van der Waals surface area (Å²) in [5.41, 5.74) is 1.50. The second-order valence-corrected chi connectivity index (χ2v) is 11.6. The third kappa shape index (κ3) is 4.72. The fourth-order valence-electron chi connectivity index (χ4n) is 4.15. The van der Waals surface area contributed by atoms with Gasteiger partial charge in [0.2, 0.25) is 0 Å². The van der Waals surface area contributed by atoms with E-state index in [1.54, 1.807) is 0 Å². The Kier molecular flexibility index (Phi) is 5.37. The fraction of sp³-hybridized carbons (Fsp3) is 0.727. The van der Waals surface area contributed by atoms with Crippen LogP contribution in [0.25, 0.3) is 0 Å². The molecule has 1 aromatic rings. The lowest BCUT2D eigenvalue weighted by molar-refractivity contribution is 0.0164. The number of ether oxygens (including phenoxy) is 1. The van der Waals surface area contributed by atoms with Gasteiger partial charge in [0.15, 0.2) is 0 Å². The molecule has 3 fully saturated rings. The second-order valence-electron chi connectivity index (χ2n) is 10.0. The van der Waals surface area contributed by atoms with Crippen LogP contribution in [-0.4, -0.2) is 67.4 Å². The van der Waals surface area contributed by atoms with Crippen molar-refractivity contribution in [1.82, 2.24) is 14.8 Å². The Morgan fingerprint density at radius 2 is 2.14 bits per heavy atom. The molecule has 3 heterocycles. The molecule has 1 aromatic heterocycles. The Labute approximate surface area is 178 Å². The summed E-state index contributed by atoms with van der Waals surface area (Å²) >= 11 is 1.86. The topological polar surface area (TPSA) is 65.9 Å². The standard InChI is InChI=1S/C22H33N3O3S/c1-14-11-24(12-18(26)17-9-8-16(10-23-17)15-6-7-15)19-22(5,29-19)13-25(14)20(27)28-21(2,3)4/h8-10,14-15,18-19,26H,6-7,11-13H2,1-5H3/t14-,18?,19?,22+/m1/s1. The van der Waals surface area contributed by atoms with E-state index in [9.17, 15) is 9.90 Å². The van der Waals surface area contributed by atoms with E-state index in [1.807, 2.05) is 49.7 Å². The highest BCUT2D eigenvalue weighted by molar-refractivity contribution is 8.08. The lowest BCUT2D eigenvalue weighted by Gasteiger charge is -2.33. The van der Waals surface area contributed by atoms with Crippen LogP contribution in [-0.2, 0) is 4.74 Å². The highest BCUT2D eigenvalue weighted by Crippen LogP contribution is 2.57. The third-order valence-corrected chi connectivity index (χ3v) is 7.61. The molecule has 0 spiro atoms. The predicted octanol–water partition coefficient (Wildman–Crippen LogP) is 3.77. The second kappa shape index (κ2) is 7.43. The summed E-state index contributed by atoms with van der Waals surface area (Å²) in [4.78, 5) is 21.4. The van der Waals surface area contributed by atoms with Crippen LogP contribution in [0.15, 0.2) is 18.3 Å². The largest absolute Gasteiger partial charge is 0.444 e. The summed E-state index contributed by atoms with van der Waals surface area (Å²) in [5, 5.41) is 11.1. The Morgan fingerprint density at radius 1 is 1.41 bits per heavy atom. The van der Waals surface area contributed by atoms with Crippen LogP contribution in [0.5, 0.6) is 0 Å². The molecule has 0 radical (unpaired) electrons. The molecule has 0 aromatic carbocycles. The van der Waals surface area contributed by atoms with Gasteiger partial charge in [0.25, 0.3) is 0 Å². The zero-order chi connectivity index (χ0) is 21.0. The van der Waals surface area contributed by atoms with Crippen LogP contribution in [0.1, 0.15) is 70.7 Å². The van der Waals surface area contributed by atoms with Gasteiger partial charge in [0.1, 0.15) is 11.7 Å². The molecular weight excluding hydrogens is 386 g/mol. The maximum atomic E-state index is 12.7. The fourth-order valence-corrected chi connectivity index (χ4v) is 5.35. The van der Waals surface area contributed by atoms with Crippen LogP contribution in [0, 0.1) is 0 Å². The zero-order valence-corrected chi connectivity index (χ0v) is 18.9. The molecule has 4 atom stereocenters. The lowest BCUT2D eigenvalue weighted by atomic mass is 10.1. The number of nitrogens with zero attached hydrogens (tertiary/aromatic N) is 3. The molecule has 6 nitrogen and oxygen atoms in total. The summed E-state index contributed by atoms with van der Waals surface area (Å²) in [6.07, 6.45) is 3.54. The molecule has 7 heteroatoms. The molecule has 1 saturated carbocycles. The Morgan fingerprint density at radius 3 is 2.72 bits per heavy atom. The first-order chi connectivity index (χ1) is 13.6. The number of aliphatic hydroxyl groups is 1. The van der Waals surface area contributed by atoms with E-state index in [1.165, 1.54) is 18.4 Å². The van der Waals surface area contributed by atoms with Crippen molar-refractivity contribution < 1.29 is 14.6 Å². The molecule has 2 saturated heterocycles. The number of aliphatic hydroxyl groups excluding tert-OH is 1. The number of thioether (sulfide) groups is 1. The minimum atomic E-state index is -0.631. The van der Waals surface area contributed by atoms with E-state index in [-0.39, 0.29) is 16.9 Å². The highest BCUT2D eigenvalue weighted by atomic mass is 32.2. The number of fused-ring (bicyclic) bond motifs is 1. The SMILES string of the molecule is C[C@@H]1CN(CC(O)c2ccc(C3CC3)cn2)C2S[C@@]2(C)CN1C(=O)OC(C)(C)C. The van der Waals surface area contributed by atoms with Gasteiger partial charge in [-0.15, -0.1) is 11.8 Å². The summed E-state index contributed by atoms with van der Waals surface area (Å²) < 4.78 is 5.61. The molecule has 2 unspecified atom stereocenters. The van der Waals surface area contributed by atoms with Gasteiger partial charge in [-0.3, -0.25) is 9.88 Å². The van der Waals surface area contributed by atoms with Crippen molar-refractivity contribution in [3.05, 3.63) is 29.6 Å². The van der Waals surface area contributed by atoms with Crippen molar-refractivity contribution in [3.8, 4) is 0 Å². The highest BCUT2D eigenvalue weighted by Gasteiger charge is 2.59. The molecule has 160 valence electrons. The van der Waals surface area contributed by atoms with E-state index >= 15 is 0 Å². The molecule has 4 rings (SSSR count). The number of carbonyl (C=O) groups excluding carboxylic acids is 1. The summed E-state index contributed by atoms with van der Waals surface area (Å²) in [7, 11) is 0. The molecule has 2 aliphatic heterocycles. The molecular formula is C22H33N3O3S. The molecule has 3 aliphatic rings. The minimum absolute atomic E-state index is 0.0208. The lowest BCUT2D eigenvalue weighted by Crippen LogP contribution is -2.47. The van der Waals surface area contributed by atoms with Crippen molar-refractivity contribution in [2.45, 2.75) is 81.2 Å². The van der Waals surface area contributed by atoms with Crippen molar-refractivity contribution in [2.24, 2.45) is 0 Å². The van der Waals surface area contributed by atoms with Crippen LogP contribution < -0.4 is 0 Å². The van der Waals surface area contributed by atoms with Crippen LogP contribution in [0.2, 0.25) is 0 Å². The van der Waals surface area contributed by atoms with Gasteiger partial charge in [-0.05, 0) is 65.0 Å². The van der Waals surface area contributed by atoms with Crippen LogP contribution in [0.3, 0.4) is 0 Å². The van der Waals surface area contributed by atoms with Gasteiger partial charge in [0, 0.05) is 31.9 Å². The summed E-state index contributed by atoms with van der Waals surface area (Å²) in [5.74, 6) is 0.669. The number of pyridine rings is 1. The van der Waals surface area contributed by atoms with Crippen molar-refractivity contribution in [3.63, 3.8) is 0 Å². The first-order valence-electron chi connectivity index (χ1n) is 10.6. The number of rotatable bonds is 4. The molecule has 0 bridgehead atoms. The zero-order valence-electron chi connectivity index (χ0n) is 18.1. The third-order valence-electron chi connectivity index (χ3n) is 5.93. The van der Waals surface area contributed by atoms with E-state index in [0.717, 1.165) is 5.69 Å². The monoisotopic (exact) mass is 419 g/mol. The first kappa shape index (κ1) is 20.9. The average molecular weight is 420 g/mol. The van der Waals surface area contributed by atoms with E-state index < -0.39 is 11.7 Å². The van der Waals surface area contributed by atoms with E-state index in [2.05, 4.69) is 29.8 Å². The van der Waals surface area contributed by atoms with Gasteiger partial charge in [0.05, 0.1) is 15.8 Å². The molecule has 1 aliphatic carbocycles. The summed E-state index contributed by atoms with van der Waals surface area (Å²) in [6, 6.07) is 4.09. The Bertz CT molecular complexity index is 762. The van der Waals surface area contributed by atoms with Crippen LogP contribution >= 0.6 is 11.8 Å². The Balaban J connectivity index is 1.42. The van der Waals surface area contributed by atoms with E-state index in [0.29, 0.717) is 30.9 Å². The van der Waals surface area contributed by atoms with Crippen LogP contribution in [0.4, 0.5) is 4.79 Å². The normalized spacial score (nSPS) is 31.0. The quantitative estimate of drug-likeness (QED) is 0.750. The first-order valence-corrected chi connectivity index (χ1v) is 11.5. The average Bonchev–Trinajstić information content (AvgIpc) is 3.53. The number of hydrogen-bond acceptors (Lipinski definition) is 6. The predicted molar refractivity (Wildman–Crippen MR) is 115 cm³/mol. The van der Waals surface area contributed by atoms with Crippen molar-refractivity contribution in [2.75, 3.05) is 19.6 Å². The van der Waals surface area contributed by atoms with Crippen molar-refractivity contribution >= 4 is 17.9 Å². The number of carbonyl (C=O) groups is 1. The van der Waals surface area contributed by atoms with Gasteiger partial charge < -0.3 is 14.7 Å². The van der Waals surface area contributed by atoms with Gasteiger partial charge in [-0.25, -0.2) is 4.79 Å². The van der Waals surface area contributed by atoms with Gasteiger partial charge in [-0.2, -0.15) is 0 Å². The molecule has 1 N–H and O–H groups in total. The van der Waals surface area contributed by atoms with E-state index in [4.69, 9.17) is 4.74 Å². The number of β-amino-alcohol motifs (C(OH)–C–C–N with tert-alkyl or cyclic N) is 1. The van der Waals surface area contributed by atoms with Gasteiger partial charge >= 0.3 is 6.09 Å². The van der Waals surface area contributed by atoms with Gasteiger partial charge in [-0.1, -0.05) is 6.07 Å². The minimum Gasteiger partial charge on any atom is -0.444 e. The number of aromatic nitrogens is 1.